The molecule has 1 nitrogen and oxygen atoms in total. The van der Waals surface area contributed by atoms with Crippen LogP contribution in [0, 0.1) is 0 Å². The smallest absolute Gasteiger partial charge is 0.189 e. The average Bonchev–Trinajstić information content (AvgIpc) is 2.50. The third kappa shape index (κ3) is 2.36. The molecule has 1 aromatic heterocycles. The standard InChI is InChI=1S/C9H11BrOS2/c1-9(2,12-3)8(11)7-6(10)4-5-13-7/h4-5H,1-3H3. The molecule has 4 heteroatoms. The summed E-state index contributed by atoms with van der Waals surface area (Å²) in [4.78, 5) is 12.8. The molecule has 0 aliphatic rings. The molecule has 0 aliphatic carbocycles. The zero-order valence-corrected chi connectivity index (χ0v) is 11.0. The Balaban J connectivity index is 2.98. The Hall–Kier alpha value is 0.200. The maximum Gasteiger partial charge on any atom is 0.189 e. The predicted molar refractivity (Wildman–Crippen MR) is 63.9 cm³/mol. The minimum absolute atomic E-state index is 0.196. The molecule has 0 saturated carbocycles. The number of carbonyl (C=O) groups excluding carboxylic acids is 1. The van der Waals surface area contributed by atoms with E-state index in [0.29, 0.717) is 0 Å². The van der Waals surface area contributed by atoms with E-state index < -0.39 is 0 Å². The topological polar surface area (TPSA) is 17.1 Å². The first-order valence-electron chi connectivity index (χ1n) is 3.82. The lowest BCUT2D eigenvalue weighted by Crippen LogP contribution is -2.26. The number of halogens is 1. The maximum absolute atomic E-state index is 11.9. The van der Waals surface area contributed by atoms with Gasteiger partial charge in [0.1, 0.15) is 0 Å². The highest BCUT2D eigenvalue weighted by atomic mass is 79.9. The van der Waals surface area contributed by atoms with Gasteiger partial charge in [0.15, 0.2) is 5.78 Å². The van der Waals surface area contributed by atoms with Gasteiger partial charge in [0.2, 0.25) is 0 Å². The second-order valence-corrected chi connectivity index (χ2v) is 6.34. The average molecular weight is 279 g/mol. The van der Waals surface area contributed by atoms with Gasteiger partial charge in [-0.1, -0.05) is 0 Å². The van der Waals surface area contributed by atoms with Crippen LogP contribution in [-0.2, 0) is 0 Å². The third-order valence-electron chi connectivity index (χ3n) is 1.88. The molecule has 0 fully saturated rings. The molecule has 0 unspecified atom stereocenters. The Kier molecular flexibility index (Phi) is 3.60. The molecule has 0 aliphatic heterocycles. The van der Waals surface area contributed by atoms with Gasteiger partial charge in [0.25, 0.3) is 0 Å². The third-order valence-corrected chi connectivity index (χ3v) is 4.92. The molecule has 13 heavy (non-hydrogen) atoms. The second-order valence-electron chi connectivity index (χ2n) is 3.14. The van der Waals surface area contributed by atoms with Gasteiger partial charge in [-0.25, -0.2) is 0 Å². The summed E-state index contributed by atoms with van der Waals surface area (Å²) in [6, 6.07) is 1.91. The Bertz CT molecular complexity index is 317. The van der Waals surface area contributed by atoms with Gasteiger partial charge in [-0.3, -0.25) is 4.79 Å². The summed E-state index contributed by atoms with van der Waals surface area (Å²) in [7, 11) is 0. The summed E-state index contributed by atoms with van der Waals surface area (Å²) in [5.41, 5.74) is 0. The fourth-order valence-electron chi connectivity index (χ4n) is 0.822. The van der Waals surface area contributed by atoms with Crippen LogP contribution in [0.1, 0.15) is 23.5 Å². The number of thioether (sulfide) groups is 1. The van der Waals surface area contributed by atoms with Gasteiger partial charge >= 0.3 is 0 Å². The van der Waals surface area contributed by atoms with Crippen molar-refractivity contribution in [2.45, 2.75) is 18.6 Å². The van der Waals surface area contributed by atoms with E-state index in [2.05, 4.69) is 15.9 Å². The molecule has 1 rings (SSSR count). The Morgan fingerprint density at radius 3 is 2.62 bits per heavy atom. The van der Waals surface area contributed by atoms with Gasteiger partial charge in [-0.05, 0) is 47.5 Å². The zero-order chi connectivity index (χ0) is 10.1. The molecule has 0 bridgehead atoms. The normalized spacial score (nSPS) is 11.7. The number of ketones is 1. The van der Waals surface area contributed by atoms with E-state index in [0.717, 1.165) is 9.35 Å². The second kappa shape index (κ2) is 4.15. The van der Waals surface area contributed by atoms with Crippen LogP contribution in [0.4, 0.5) is 0 Å². The van der Waals surface area contributed by atoms with Crippen LogP contribution in [0.2, 0.25) is 0 Å². The van der Waals surface area contributed by atoms with Gasteiger partial charge in [-0.15, -0.1) is 11.3 Å². The molecule has 0 spiro atoms. The van der Waals surface area contributed by atoms with E-state index in [1.807, 2.05) is 31.5 Å². The van der Waals surface area contributed by atoms with Crippen LogP contribution in [0.25, 0.3) is 0 Å². The van der Waals surface area contributed by atoms with Gasteiger partial charge in [0, 0.05) is 4.47 Å². The van der Waals surface area contributed by atoms with E-state index in [-0.39, 0.29) is 10.5 Å². The predicted octanol–water partition coefficient (Wildman–Crippen LogP) is 3.83. The van der Waals surface area contributed by atoms with Crippen LogP contribution in [-0.4, -0.2) is 16.8 Å². The van der Waals surface area contributed by atoms with E-state index in [1.54, 1.807) is 11.8 Å². The molecule has 1 aromatic rings. The SMILES string of the molecule is CSC(C)(C)C(=O)c1sccc1Br. The molecule has 0 radical (unpaired) electrons. The van der Waals surface area contributed by atoms with Crippen molar-refractivity contribution in [2.24, 2.45) is 0 Å². The number of hydrogen-bond donors (Lipinski definition) is 0. The summed E-state index contributed by atoms with van der Waals surface area (Å²) in [6.07, 6.45) is 1.96. The van der Waals surface area contributed by atoms with Crippen molar-refractivity contribution in [1.82, 2.24) is 0 Å². The molecule has 72 valence electrons. The zero-order valence-electron chi connectivity index (χ0n) is 7.76. The number of thiophene rings is 1. The minimum atomic E-state index is -0.326. The van der Waals surface area contributed by atoms with Crippen LogP contribution < -0.4 is 0 Å². The Morgan fingerprint density at radius 1 is 1.62 bits per heavy atom. The molecule has 0 N–H and O–H groups in total. The first-order chi connectivity index (χ1) is 5.99. The molecule has 0 aromatic carbocycles. The highest BCUT2D eigenvalue weighted by Gasteiger charge is 2.29. The van der Waals surface area contributed by atoms with Crippen molar-refractivity contribution in [3.05, 3.63) is 20.8 Å². The van der Waals surface area contributed by atoms with Gasteiger partial charge in [0.05, 0.1) is 9.62 Å². The molecule has 0 amide bonds. The number of Topliss-reactive ketones (excluding diaryl/α,β-unsaturated/α-hetero) is 1. The van der Waals surface area contributed by atoms with E-state index in [9.17, 15) is 4.79 Å². The summed E-state index contributed by atoms with van der Waals surface area (Å²) in [6.45, 7) is 3.90. The van der Waals surface area contributed by atoms with E-state index >= 15 is 0 Å². The maximum atomic E-state index is 11.9. The lowest BCUT2D eigenvalue weighted by Gasteiger charge is -2.19. The number of hydrogen-bond acceptors (Lipinski definition) is 3. The van der Waals surface area contributed by atoms with Crippen LogP contribution in [0.5, 0.6) is 0 Å². The first-order valence-corrected chi connectivity index (χ1v) is 6.71. The largest absolute Gasteiger partial charge is 0.292 e. The van der Waals surface area contributed by atoms with Crippen molar-refractivity contribution in [3.63, 3.8) is 0 Å². The number of rotatable bonds is 3. The van der Waals surface area contributed by atoms with Crippen molar-refractivity contribution in [2.75, 3.05) is 6.26 Å². The van der Waals surface area contributed by atoms with Gasteiger partial charge < -0.3 is 0 Å². The summed E-state index contributed by atoms with van der Waals surface area (Å²) in [5.74, 6) is 0.196. The highest BCUT2D eigenvalue weighted by molar-refractivity contribution is 9.10. The van der Waals surface area contributed by atoms with Crippen molar-refractivity contribution in [1.29, 1.82) is 0 Å². The van der Waals surface area contributed by atoms with Gasteiger partial charge in [-0.2, -0.15) is 11.8 Å². The van der Waals surface area contributed by atoms with E-state index in [4.69, 9.17) is 0 Å². The lowest BCUT2D eigenvalue weighted by molar-refractivity contribution is 0.0961. The van der Waals surface area contributed by atoms with Crippen molar-refractivity contribution in [3.8, 4) is 0 Å². The Morgan fingerprint density at radius 2 is 2.23 bits per heavy atom. The van der Waals surface area contributed by atoms with Crippen LogP contribution >= 0.6 is 39.0 Å². The fourth-order valence-corrected chi connectivity index (χ4v) is 2.82. The summed E-state index contributed by atoms with van der Waals surface area (Å²) in [5, 5.41) is 1.92. The minimum Gasteiger partial charge on any atom is -0.292 e. The Labute approximate surface area is 95.0 Å². The highest BCUT2D eigenvalue weighted by Crippen LogP contribution is 2.32. The van der Waals surface area contributed by atoms with Crippen molar-refractivity contribution >= 4 is 44.8 Å². The fraction of sp³-hybridized carbons (Fsp3) is 0.444. The van der Waals surface area contributed by atoms with Crippen molar-refractivity contribution < 1.29 is 4.79 Å². The quantitative estimate of drug-likeness (QED) is 0.782. The van der Waals surface area contributed by atoms with Crippen LogP contribution in [0.3, 0.4) is 0 Å². The molecule has 0 atom stereocenters. The van der Waals surface area contributed by atoms with Crippen LogP contribution in [0.15, 0.2) is 15.9 Å². The summed E-state index contributed by atoms with van der Waals surface area (Å²) >= 11 is 6.44. The molecule has 0 saturated heterocycles. The molecular formula is C9H11BrOS2. The number of carbonyl (C=O) groups is 1. The lowest BCUT2D eigenvalue weighted by atomic mass is 10.1. The summed E-state index contributed by atoms with van der Waals surface area (Å²) < 4.78 is 0.581. The monoisotopic (exact) mass is 278 g/mol. The molecule has 1 heterocycles. The first kappa shape index (κ1) is 11.3. The van der Waals surface area contributed by atoms with E-state index in [1.165, 1.54) is 11.3 Å². The molecular weight excluding hydrogens is 268 g/mol.